The van der Waals surface area contributed by atoms with Crippen LogP contribution in [0.5, 0.6) is 0 Å². The van der Waals surface area contributed by atoms with E-state index >= 15 is 0 Å². The van der Waals surface area contributed by atoms with Crippen LogP contribution in [0.4, 0.5) is 0 Å². The van der Waals surface area contributed by atoms with Crippen molar-refractivity contribution in [1.29, 1.82) is 0 Å². The second kappa shape index (κ2) is 26.1. The first-order valence-electron chi connectivity index (χ1n) is 42.3. The number of aryl methyl sites for hydroxylation is 4. The Bertz CT molecular complexity index is 9810. The Balaban J connectivity index is 0.0000000874. The van der Waals surface area contributed by atoms with Crippen molar-refractivity contribution in [3.8, 4) is 22.7 Å². The molecular weight excluding hydrogens is 1550 g/mol. The van der Waals surface area contributed by atoms with Gasteiger partial charge >= 0.3 is 0 Å². The molecule has 0 N–H and O–H groups in total. The maximum absolute atomic E-state index is 5.02. The molecule has 0 saturated carbocycles. The van der Waals surface area contributed by atoms with Gasteiger partial charge in [0.2, 0.25) is 34.7 Å². The van der Waals surface area contributed by atoms with Gasteiger partial charge in [-0.25, -0.2) is 29.9 Å². The number of hydrogen-bond acceptors (Lipinski definition) is 6. The number of rotatable bonds is 4. The van der Waals surface area contributed by atoms with Crippen LogP contribution in [-0.2, 0) is 28.2 Å². The van der Waals surface area contributed by atoms with Crippen LogP contribution in [0.25, 0.3) is 233 Å². The first-order valence-corrected chi connectivity index (χ1v) is 42.3. The van der Waals surface area contributed by atoms with Gasteiger partial charge in [0.25, 0.3) is 0 Å². The second-order valence-electron chi connectivity index (χ2n) is 32.7. The van der Waals surface area contributed by atoms with Gasteiger partial charge in [-0.3, -0.25) is 40.1 Å². The van der Waals surface area contributed by atoms with Crippen molar-refractivity contribution in [2.24, 2.45) is 28.2 Å². The highest BCUT2D eigenvalue weighted by atomic mass is 15.3. The highest BCUT2D eigenvalue weighted by Crippen LogP contribution is 2.40. The van der Waals surface area contributed by atoms with E-state index in [2.05, 4.69) is 431 Å². The molecule has 0 spiro atoms. The molecule has 0 bridgehead atoms. The standard InChI is InChI=1S/2C27H18N6.2C26H18N4/c1-30-22-15-14-17(16-25(22)33-21-11-5-2-8-18(21)28-26(30)33)31-23-12-6-7-13-24(23)32-20-10-4-3-9-19(20)29-27(31)32;1-30-21-10-4-5-11-22(21)33-25-16-17(14-15-19(25)28-26(30)33)31-23-12-6-7-13-24(23)32-20-9-3-2-8-18(20)29-27(31)32;1-28-21-10-4-2-8-18(21)19-16-17(14-15-22(19)28)29-24-12-6-7-13-25(24)30-23-11-5-3-9-20(23)27-26(29)30;1-28-23-12-6-7-13-24(23)30-25-16-17(14-15-20(25)27-26(28)30)29-21-10-4-2-8-18(21)19-9-3-5-11-22(19)29/h2*2-16H,1H3;2*2-16H,1H3. The lowest BCUT2D eigenvalue weighted by molar-refractivity contribution is 0.973. The third-order valence-corrected chi connectivity index (χ3v) is 26.0. The molecule has 0 fully saturated rings. The molecule has 0 amide bonds. The predicted molar refractivity (Wildman–Crippen MR) is 512 cm³/mol. The van der Waals surface area contributed by atoms with E-state index in [1.165, 1.54) is 65.7 Å². The second-order valence-corrected chi connectivity index (χ2v) is 32.7. The monoisotopic (exact) mass is 1620 g/mol. The predicted octanol–water partition coefficient (Wildman–Crippen LogP) is 23.6. The van der Waals surface area contributed by atoms with E-state index in [4.69, 9.17) is 29.9 Å². The van der Waals surface area contributed by atoms with Crippen LogP contribution in [0.15, 0.2) is 364 Å². The van der Waals surface area contributed by atoms with Gasteiger partial charge in [-0.05, 0) is 200 Å². The summed E-state index contributed by atoms with van der Waals surface area (Å²) in [5.74, 6) is 5.62. The highest BCUT2D eigenvalue weighted by molar-refractivity contribution is 6.11. The first-order chi connectivity index (χ1) is 62.2. The van der Waals surface area contributed by atoms with Crippen molar-refractivity contribution in [3.05, 3.63) is 364 Å². The topological polar surface area (TPSA) is 143 Å². The smallest absolute Gasteiger partial charge is 0.220 e. The zero-order chi connectivity index (χ0) is 83.0. The van der Waals surface area contributed by atoms with Gasteiger partial charge in [-0.1, -0.05) is 164 Å². The van der Waals surface area contributed by atoms with Crippen molar-refractivity contribution in [1.82, 2.24) is 92.8 Å². The summed E-state index contributed by atoms with van der Waals surface area (Å²) in [7, 11) is 8.36. The maximum atomic E-state index is 5.02. The van der Waals surface area contributed by atoms with Crippen LogP contribution in [0, 0.1) is 0 Å². The summed E-state index contributed by atoms with van der Waals surface area (Å²) in [5.41, 5.74) is 35.9. The van der Waals surface area contributed by atoms with E-state index < -0.39 is 0 Å². The van der Waals surface area contributed by atoms with Crippen LogP contribution in [0.1, 0.15) is 0 Å². The fourth-order valence-corrected chi connectivity index (χ4v) is 20.4. The Kier molecular flexibility index (Phi) is 14.4. The normalized spacial score (nSPS) is 12.3. The number of hydrogen-bond donors (Lipinski definition) is 0. The van der Waals surface area contributed by atoms with Crippen molar-refractivity contribution >= 4 is 211 Å². The quantitative estimate of drug-likeness (QED) is 0.172. The third-order valence-electron chi connectivity index (χ3n) is 26.0. The molecule has 0 unspecified atom stereocenters. The molecule has 0 saturated heterocycles. The lowest BCUT2D eigenvalue weighted by Gasteiger charge is -2.08. The molecule has 20 heteroatoms. The molecule has 30 rings (SSSR count). The van der Waals surface area contributed by atoms with Crippen LogP contribution in [0.2, 0.25) is 0 Å². The van der Waals surface area contributed by atoms with Gasteiger partial charge in [0.1, 0.15) is 0 Å². The molecule has 20 nitrogen and oxygen atoms in total. The van der Waals surface area contributed by atoms with Gasteiger partial charge in [0.15, 0.2) is 0 Å². The number of para-hydroxylation sites is 21. The van der Waals surface area contributed by atoms with Gasteiger partial charge < -0.3 is 22.8 Å². The number of benzene rings is 16. The summed E-state index contributed by atoms with van der Waals surface area (Å²) in [6.07, 6.45) is 0. The summed E-state index contributed by atoms with van der Waals surface area (Å²) in [6, 6.07) is 128. The number of nitrogens with zero attached hydrogens (tertiary/aromatic N) is 20. The summed E-state index contributed by atoms with van der Waals surface area (Å²) in [6.45, 7) is 0. The number of fused-ring (bicyclic) bond motifs is 36. The van der Waals surface area contributed by atoms with E-state index in [9.17, 15) is 0 Å². The Morgan fingerprint density at radius 1 is 0.143 bits per heavy atom. The average molecular weight is 1630 g/mol. The lowest BCUT2D eigenvalue weighted by Crippen LogP contribution is -1.96. The van der Waals surface area contributed by atoms with Crippen LogP contribution >= 0.6 is 0 Å². The molecule has 16 aromatic carbocycles. The largest absolute Gasteiger partial charge is 0.344 e. The molecule has 14 heterocycles. The Morgan fingerprint density at radius 3 is 0.762 bits per heavy atom. The first kappa shape index (κ1) is 69.5. The van der Waals surface area contributed by atoms with Gasteiger partial charge in [-0.15, -0.1) is 0 Å². The molecule has 14 aromatic heterocycles. The van der Waals surface area contributed by atoms with E-state index in [-0.39, 0.29) is 0 Å². The third kappa shape index (κ3) is 9.70. The summed E-state index contributed by atoms with van der Waals surface area (Å²) in [4.78, 5) is 29.7. The van der Waals surface area contributed by atoms with Crippen molar-refractivity contribution in [3.63, 3.8) is 0 Å². The average Bonchev–Trinajstić information content (AvgIpc) is 1.55. The maximum Gasteiger partial charge on any atom is 0.220 e. The fraction of sp³-hybridized carbons (Fsp3) is 0.0377. The fourth-order valence-electron chi connectivity index (χ4n) is 20.4. The Labute approximate surface area is 714 Å². The number of aromatic nitrogens is 20. The minimum atomic E-state index is 0.912. The Hall–Kier alpha value is -17.3. The number of imidazole rings is 12. The van der Waals surface area contributed by atoms with Crippen molar-refractivity contribution < 1.29 is 0 Å². The SMILES string of the molecule is Cn1c2ccc(-n3c4ccccc4n4c5ccccc5nc34)cc2n2c3ccccc3nc12.Cn1c2ccccc2c2cc(-n3c4ccccc4n4c5ccccc5nc34)ccc21.Cn1c2ccccc2n2c3cc(-n4c5ccccc5c5ccccc54)ccc3nc12.Cn1c2ccccc2n2c3cc(-n4c5ccccc5n5c6ccccc6nc45)ccc3nc12. The van der Waals surface area contributed by atoms with E-state index in [0.717, 1.165) is 168 Å². The molecule has 0 aliphatic carbocycles. The molecular formula is C106H72N20. The zero-order valence-electron chi connectivity index (χ0n) is 68.6. The zero-order valence-corrected chi connectivity index (χ0v) is 68.6. The van der Waals surface area contributed by atoms with E-state index in [1.54, 1.807) is 0 Å². The highest BCUT2D eigenvalue weighted by Gasteiger charge is 2.26. The molecule has 30 aromatic rings. The van der Waals surface area contributed by atoms with Gasteiger partial charge in [0, 0.05) is 72.1 Å². The lowest BCUT2D eigenvalue weighted by atomic mass is 10.1. The molecule has 0 atom stereocenters. The summed E-state index contributed by atoms with van der Waals surface area (Å²) < 4.78 is 31.4. The minimum absolute atomic E-state index is 0.912. The molecule has 596 valence electrons. The molecule has 0 aliphatic heterocycles. The van der Waals surface area contributed by atoms with Crippen LogP contribution < -0.4 is 0 Å². The van der Waals surface area contributed by atoms with Crippen LogP contribution in [-0.4, -0.2) is 92.8 Å². The van der Waals surface area contributed by atoms with Gasteiger partial charge in [0.05, 0.1) is 155 Å². The van der Waals surface area contributed by atoms with Crippen molar-refractivity contribution in [2.45, 2.75) is 0 Å². The van der Waals surface area contributed by atoms with Gasteiger partial charge in [-0.2, -0.15) is 0 Å². The Morgan fingerprint density at radius 2 is 0.373 bits per heavy atom. The molecule has 0 aliphatic rings. The van der Waals surface area contributed by atoms with Crippen molar-refractivity contribution in [2.75, 3.05) is 0 Å². The van der Waals surface area contributed by atoms with E-state index in [1.807, 2.05) is 24.3 Å². The minimum Gasteiger partial charge on any atom is -0.344 e. The van der Waals surface area contributed by atoms with Crippen LogP contribution in [0.3, 0.4) is 0 Å². The molecule has 126 heavy (non-hydrogen) atoms. The molecule has 0 radical (unpaired) electrons. The summed E-state index contributed by atoms with van der Waals surface area (Å²) in [5, 5.41) is 5.09. The summed E-state index contributed by atoms with van der Waals surface area (Å²) >= 11 is 0. The van der Waals surface area contributed by atoms with E-state index in [0.29, 0.717) is 0 Å².